The quantitative estimate of drug-likeness (QED) is 0.847. The molecule has 100 valence electrons. The molecule has 1 aromatic carbocycles. The van der Waals surface area contributed by atoms with Crippen molar-refractivity contribution in [2.75, 3.05) is 0 Å². The van der Waals surface area contributed by atoms with E-state index in [0.717, 1.165) is 5.56 Å². The molecule has 0 aliphatic heterocycles. The minimum atomic E-state index is -4.21. The molecule has 0 radical (unpaired) electrons. The molecule has 0 aliphatic rings. The minimum absolute atomic E-state index is 0.0454. The first-order valence-electron chi connectivity index (χ1n) is 5.72. The van der Waals surface area contributed by atoms with Crippen LogP contribution >= 0.6 is 0 Å². The van der Waals surface area contributed by atoms with Gasteiger partial charge in [-0.25, -0.2) is 0 Å². The number of rotatable bonds is 6. The van der Waals surface area contributed by atoms with E-state index in [9.17, 15) is 18.0 Å². The zero-order valence-corrected chi connectivity index (χ0v) is 9.78. The van der Waals surface area contributed by atoms with Crippen molar-refractivity contribution in [2.24, 2.45) is 5.92 Å². The molecule has 0 bridgehead atoms. The van der Waals surface area contributed by atoms with Gasteiger partial charge in [-0.2, -0.15) is 13.2 Å². The second-order valence-corrected chi connectivity index (χ2v) is 4.23. The van der Waals surface area contributed by atoms with Crippen molar-refractivity contribution in [3.05, 3.63) is 35.9 Å². The Labute approximate surface area is 103 Å². The molecule has 1 atom stereocenters. The Morgan fingerprint density at radius 3 is 2.33 bits per heavy atom. The summed E-state index contributed by atoms with van der Waals surface area (Å²) < 4.78 is 36.0. The van der Waals surface area contributed by atoms with Crippen LogP contribution in [0, 0.1) is 5.92 Å². The number of hydrogen-bond donors (Lipinski definition) is 1. The highest BCUT2D eigenvalue weighted by Gasteiger charge is 2.27. The molecule has 18 heavy (non-hydrogen) atoms. The highest BCUT2D eigenvalue weighted by molar-refractivity contribution is 5.70. The normalized spacial score (nSPS) is 13.3. The highest BCUT2D eigenvalue weighted by Crippen LogP contribution is 2.25. The lowest BCUT2D eigenvalue weighted by atomic mass is 9.94. The van der Waals surface area contributed by atoms with E-state index >= 15 is 0 Å². The monoisotopic (exact) mass is 260 g/mol. The molecule has 0 spiro atoms. The van der Waals surface area contributed by atoms with Gasteiger partial charge in [0.05, 0.1) is 5.92 Å². The van der Waals surface area contributed by atoms with E-state index in [4.69, 9.17) is 5.11 Å². The van der Waals surface area contributed by atoms with Gasteiger partial charge in [0.1, 0.15) is 0 Å². The average Bonchev–Trinajstić information content (AvgIpc) is 2.27. The number of carboxylic acids is 1. The van der Waals surface area contributed by atoms with E-state index in [1.807, 2.05) is 6.07 Å². The lowest BCUT2D eigenvalue weighted by molar-refractivity contribution is -0.145. The number of aliphatic carboxylic acids is 1. The third-order valence-electron chi connectivity index (χ3n) is 2.69. The zero-order valence-electron chi connectivity index (χ0n) is 9.78. The topological polar surface area (TPSA) is 37.3 Å². The summed E-state index contributed by atoms with van der Waals surface area (Å²) in [5, 5.41) is 8.98. The zero-order chi connectivity index (χ0) is 13.6. The van der Waals surface area contributed by atoms with Crippen LogP contribution in [0.1, 0.15) is 24.8 Å². The Morgan fingerprint density at radius 2 is 1.83 bits per heavy atom. The summed E-state index contributed by atoms with van der Waals surface area (Å²) in [5.74, 6) is -1.80. The Hall–Kier alpha value is -1.52. The van der Waals surface area contributed by atoms with Crippen LogP contribution in [0.3, 0.4) is 0 Å². The highest BCUT2D eigenvalue weighted by atomic mass is 19.4. The lowest BCUT2D eigenvalue weighted by Crippen LogP contribution is -2.17. The number of carbonyl (C=O) groups is 1. The van der Waals surface area contributed by atoms with Crippen molar-refractivity contribution in [3.63, 3.8) is 0 Å². The van der Waals surface area contributed by atoms with E-state index in [1.54, 1.807) is 24.3 Å². The van der Waals surface area contributed by atoms with Gasteiger partial charge in [-0.3, -0.25) is 4.79 Å². The van der Waals surface area contributed by atoms with Crippen LogP contribution in [0.25, 0.3) is 0 Å². The van der Waals surface area contributed by atoms with Gasteiger partial charge >= 0.3 is 12.1 Å². The maximum atomic E-state index is 12.0. The van der Waals surface area contributed by atoms with Crippen LogP contribution < -0.4 is 0 Å². The van der Waals surface area contributed by atoms with Crippen LogP contribution in [0.4, 0.5) is 13.2 Å². The standard InChI is InChI=1S/C13H15F3O2/c14-13(15,16)8-4-7-11(12(17)18)9-10-5-2-1-3-6-10/h1-3,5-6,11H,4,7-9H2,(H,17,18). The third-order valence-corrected chi connectivity index (χ3v) is 2.69. The van der Waals surface area contributed by atoms with Crippen LogP contribution in [0.2, 0.25) is 0 Å². The first kappa shape index (κ1) is 14.5. The molecule has 0 amide bonds. The lowest BCUT2D eigenvalue weighted by Gasteiger charge is -2.13. The molecular formula is C13H15F3O2. The molecule has 1 aromatic rings. The molecule has 0 saturated carbocycles. The molecular weight excluding hydrogens is 245 g/mol. The van der Waals surface area contributed by atoms with Crippen molar-refractivity contribution in [2.45, 2.75) is 31.9 Å². The first-order valence-corrected chi connectivity index (χ1v) is 5.72. The van der Waals surface area contributed by atoms with E-state index < -0.39 is 24.5 Å². The van der Waals surface area contributed by atoms with Gasteiger partial charge in [0, 0.05) is 6.42 Å². The number of benzene rings is 1. The predicted molar refractivity (Wildman–Crippen MR) is 61.2 cm³/mol. The van der Waals surface area contributed by atoms with Crippen molar-refractivity contribution < 1.29 is 23.1 Å². The third kappa shape index (κ3) is 5.70. The molecule has 0 aliphatic carbocycles. The summed E-state index contributed by atoms with van der Waals surface area (Å²) in [6, 6.07) is 8.93. The fraction of sp³-hybridized carbons (Fsp3) is 0.462. The molecule has 0 saturated heterocycles. The van der Waals surface area contributed by atoms with Crippen LogP contribution in [0.5, 0.6) is 0 Å². The van der Waals surface area contributed by atoms with Crippen molar-refractivity contribution in [3.8, 4) is 0 Å². The van der Waals surface area contributed by atoms with Crippen LogP contribution in [-0.2, 0) is 11.2 Å². The van der Waals surface area contributed by atoms with Crippen LogP contribution in [-0.4, -0.2) is 17.3 Å². The fourth-order valence-corrected chi connectivity index (χ4v) is 1.76. The Balaban J connectivity index is 2.49. The molecule has 0 aromatic heterocycles. The maximum absolute atomic E-state index is 12.0. The summed E-state index contributed by atoms with van der Waals surface area (Å²) >= 11 is 0. The Bertz CT molecular complexity index is 374. The molecule has 0 fully saturated rings. The summed E-state index contributed by atoms with van der Waals surface area (Å²) in [6.07, 6.45) is -4.97. The molecule has 2 nitrogen and oxygen atoms in total. The number of halogens is 3. The Morgan fingerprint density at radius 1 is 1.22 bits per heavy atom. The minimum Gasteiger partial charge on any atom is -0.481 e. The molecule has 1 rings (SSSR count). The second-order valence-electron chi connectivity index (χ2n) is 4.23. The second kappa shape index (κ2) is 6.42. The Kier molecular flexibility index (Phi) is 5.19. The fourth-order valence-electron chi connectivity index (χ4n) is 1.76. The van der Waals surface area contributed by atoms with Gasteiger partial charge in [-0.05, 0) is 24.8 Å². The summed E-state index contributed by atoms with van der Waals surface area (Å²) in [5.41, 5.74) is 0.830. The van der Waals surface area contributed by atoms with Gasteiger partial charge in [-0.1, -0.05) is 30.3 Å². The maximum Gasteiger partial charge on any atom is 0.389 e. The SMILES string of the molecule is O=C(O)C(CCCC(F)(F)F)Cc1ccccc1. The molecule has 1 unspecified atom stereocenters. The van der Waals surface area contributed by atoms with Gasteiger partial charge in [0.15, 0.2) is 0 Å². The van der Waals surface area contributed by atoms with Crippen LogP contribution in [0.15, 0.2) is 30.3 Å². The summed E-state index contributed by atoms with van der Waals surface area (Å²) in [7, 11) is 0. The van der Waals surface area contributed by atoms with Gasteiger partial charge < -0.3 is 5.11 Å². The molecule has 5 heteroatoms. The van der Waals surface area contributed by atoms with Crippen molar-refractivity contribution in [1.29, 1.82) is 0 Å². The van der Waals surface area contributed by atoms with Gasteiger partial charge in [-0.15, -0.1) is 0 Å². The smallest absolute Gasteiger partial charge is 0.389 e. The van der Waals surface area contributed by atoms with Gasteiger partial charge in [0.2, 0.25) is 0 Å². The van der Waals surface area contributed by atoms with E-state index in [0.29, 0.717) is 0 Å². The molecule has 1 N–H and O–H groups in total. The van der Waals surface area contributed by atoms with E-state index in [2.05, 4.69) is 0 Å². The largest absolute Gasteiger partial charge is 0.481 e. The predicted octanol–water partition coefficient (Wildman–Crippen LogP) is 3.66. The van der Waals surface area contributed by atoms with E-state index in [1.165, 1.54) is 0 Å². The molecule has 0 heterocycles. The number of alkyl halides is 3. The van der Waals surface area contributed by atoms with E-state index in [-0.39, 0.29) is 19.3 Å². The van der Waals surface area contributed by atoms with Gasteiger partial charge in [0.25, 0.3) is 0 Å². The van der Waals surface area contributed by atoms with Crippen molar-refractivity contribution in [1.82, 2.24) is 0 Å². The first-order chi connectivity index (χ1) is 8.38. The van der Waals surface area contributed by atoms with Crippen molar-refractivity contribution >= 4 is 5.97 Å². The average molecular weight is 260 g/mol. The summed E-state index contributed by atoms with van der Waals surface area (Å²) in [4.78, 5) is 11.0. The summed E-state index contributed by atoms with van der Waals surface area (Å²) in [6.45, 7) is 0. The number of hydrogen-bond acceptors (Lipinski definition) is 1. The number of carboxylic acid groups (broad SMARTS) is 1.